The highest BCUT2D eigenvalue weighted by atomic mass is 32.2. The first kappa shape index (κ1) is 22.8. The van der Waals surface area contributed by atoms with Gasteiger partial charge in [-0.2, -0.15) is 9.40 Å². The van der Waals surface area contributed by atoms with Gasteiger partial charge in [-0.1, -0.05) is 6.07 Å². The molecule has 1 aliphatic rings. The number of sulfonamides is 1. The Labute approximate surface area is 190 Å². The van der Waals surface area contributed by atoms with Crippen LogP contribution >= 0.6 is 0 Å². The van der Waals surface area contributed by atoms with E-state index >= 15 is 0 Å². The summed E-state index contributed by atoms with van der Waals surface area (Å²) in [6.45, 7) is 3.99. The second-order valence-electron chi connectivity index (χ2n) is 7.47. The molecule has 1 amide bonds. The topological polar surface area (TPSA) is 132 Å². The average Bonchev–Trinajstić information content (AvgIpc) is 3.15. The van der Waals surface area contributed by atoms with Crippen molar-refractivity contribution in [1.29, 1.82) is 0 Å². The summed E-state index contributed by atoms with van der Waals surface area (Å²) in [4.78, 5) is 29.1. The molecular weight excluding hydrogens is 450 g/mol. The van der Waals surface area contributed by atoms with E-state index in [1.807, 2.05) is 0 Å². The highest BCUT2D eigenvalue weighted by molar-refractivity contribution is 7.89. The van der Waals surface area contributed by atoms with E-state index < -0.39 is 28.5 Å². The van der Waals surface area contributed by atoms with E-state index in [0.717, 1.165) is 0 Å². The van der Waals surface area contributed by atoms with Crippen molar-refractivity contribution in [3.05, 3.63) is 53.5 Å². The number of nitrogens with zero attached hydrogens (tertiary/aromatic N) is 4. The summed E-state index contributed by atoms with van der Waals surface area (Å²) in [6.07, 6.45) is 3.18. The highest BCUT2D eigenvalue weighted by Crippen LogP contribution is 2.24. The Morgan fingerprint density at radius 2 is 1.97 bits per heavy atom. The van der Waals surface area contributed by atoms with Crippen LogP contribution in [-0.4, -0.2) is 72.1 Å². The molecule has 3 aromatic rings. The van der Waals surface area contributed by atoms with E-state index in [2.05, 4.69) is 15.4 Å². The third-order valence-electron chi connectivity index (χ3n) is 5.17. The molecule has 1 N–H and O–H groups in total. The van der Waals surface area contributed by atoms with Gasteiger partial charge in [0.15, 0.2) is 12.3 Å². The standard InChI is InChI=1S/C21H23N5O6S/c1-14-4-5-16(12-17(14)33(29,30)25-8-10-31-11-9-25)23-18(27)13-32-21(28)19-15(2)24-26-7-3-6-22-20(19)26/h3-7,12H,8-11,13H2,1-2H3,(H,23,27). The Kier molecular flexibility index (Phi) is 6.40. The summed E-state index contributed by atoms with van der Waals surface area (Å²) in [7, 11) is -3.73. The fourth-order valence-electron chi connectivity index (χ4n) is 3.52. The monoisotopic (exact) mass is 473 g/mol. The quantitative estimate of drug-likeness (QED) is 0.528. The molecule has 1 aromatic carbocycles. The molecule has 3 heterocycles. The van der Waals surface area contributed by atoms with Crippen LogP contribution < -0.4 is 5.32 Å². The van der Waals surface area contributed by atoms with Crippen LogP contribution in [0.1, 0.15) is 21.6 Å². The molecule has 4 rings (SSSR count). The van der Waals surface area contributed by atoms with Gasteiger partial charge in [0.05, 0.1) is 23.8 Å². The third kappa shape index (κ3) is 4.72. The molecule has 0 bridgehead atoms. The first-order chi connectivity index (χ1) is 15.8. The van der Waals surface area contributed by atoms with Gasteiger partial charge in [-0.15, -0.1) is 0 Å². The third-order valence-corrected chi connectivity index (χ3v) is 7.21. The normalized spacial score (nSPS) is 14.8. The largest absolute Gasteiger partial charge is 0.452 e. The number of benzene rings is 1. The number of amides is 1. The van der Waals surface area contributed by atoms with E-state index in [9.17, 15) is 18.0 Å². The van der Waals surface area contributed by atoms with E-state index in [1.165, 1.54) is 21.1 Å². The molecule has 1 fully saturated rings. The molecule has 33 heavy (non-hydrogen) atoms. The Hall–Kier alpha value is -3.35. The van der Waals surface area contributed by atoms with Gasteiger partial charge in [-0.3, -0.25) is 4.79 Å². The predicted molar refractivity (Wildman–Crippen MR) is 117 cm³/mol. The van der Waals surface area contributed by atoms with Gasteiger partial charge in [0.1, 0.15) is 5.56 Å². The van der Waals surface area contributed by atoms with Gasteiger partial charge in [-0.05, 0) is 37.6 Å². The van der Waals surface area contributed by atoms with Crippen molar-refractivity contribution in [2.45, 2.75) is 18.7 Å². The summed E-state index contributed by atoms with van der Waals surface area (Å²) in [5, 5.41) is 6.77. The molecule has 0 atom stereocenters. The fourth-order valence-corrected chi connectivity index (χ4v) is 5.18. The number of carbonyl (C=O) groups is 2. The number of fused-ring (bicyclic) bond motifs is 1. The number of carbonyl (C=O) groups excluding carboxylic acids is 2. The Morgan fingerprint density at radius 1 is 1.21 bits per heavy atom. The van der Waals surface area contributed by atoms with Crippen LogP contribution in [0.2, 0.25) is 0 Å². The smallest absolute Gasteiger partial charge is 0.344 e. The lowest BCUT2D eigenvalue weighted by molar-refractivity contribution is -0.119. The number of hydrogen-bond acceptors (Lipinski definition) is 8. The minimum absolute atomic E-state index is 0.104. The number of aryl methyl sites for hydroxylation is 2. The van der Waals surface area contributed by atoms with Crippen molar-refractivity contribution >= 4 is 33.2 Å². The maximum absolute atomic E-state index is 13.0. The van der Waals surface area contributed by atoms with Gasteiger partial charge in [0, 0.05) is 31.2 Å². The van der Waals surface area contributed by atoms with Crippen LogP contribution in [0.25, 0.3) is 5.65 Å². The van der Waals surface area contributed by atoms with Crippen LogP contribution in [0.5, 0.6) is 0 Å². The van der Waals surface area contributed by atoms with Gasteiger partial charge < -0.3 is 14.8 Å². The van der Waals surface area contributed by atoms with Crippen molar-refractivity contribution in [1.82, 2.24) is 18.9 Å². The van der Waals surface area contributed by atoms with Gasteiger partial charge in [-0.25, -0.2) is 22.7 Å². The van der Waals surface area contributed by atoms with Gasteiger partial charge in [0.2, 0.25) is 10.0 Å². The van der Waals surface area contributed by atoms with Crippen LogP contribution in [0.4, 0.5) is 5.69 Å². The van der Waals surface area contributed by atoms with E-state index in [0.29, 0.717) is 30.1 Å². The van der Waals surface area contributed by atoms with Crippen LogP contribution in [-0.2, 0) is 24.3 Å². The van der Waals surface area contributed by atoms with E-state index in [1.54, 1.807) is 38.2 Å². The zero-order chi connectivity index (χ0) is 23.6. The lowest BCUT2D eigenvalue weighted by atomic mass is 10.2. The lowest BCUT2D eigenvalue weighted by Crippen LogP contribution is -2.40. The summed E-state index contributed by atoms with van der Waals surface area (Å²) in [6, 6.07) is 6.28. The molecule has 0 aliphatic carbocycles. The number of aromatic nitrogens is 3. The van der Waals surface area contributed by atoms with E-state index in [4.69, 9.17) is 9.47 Å². The van der Waals surface area contributed by atoms with Gasteiger partial charge in [0.25, 0.3) is 5.91 Å². The Bertz CT molecular complexity index is 1310. The summed E-state index contributed by atoms with van der Waals surface area (Å²) in [5.41, 5.74) is 1.77. The maximum atomic E-state index is 13.0. The van der Waals surface area contributed by atoms with Crippen molar-refractivity contribution < 1.29 is 27.5 Å². The molecule has 12 heteroatoms. The van der Waals surface area contributed by atoms with Crippen molar-refractivity contribution in [2.24, 2.45) is 0 Å². The van der Waals surface area contributed by atoms with Crippen molar-refractivity contribution in [2.75, 3.05) is 38.2 Å². The SMILES string of the molecule is Cc1ccc(NC(=O)COC(=O)c2c(C)nn3cccnc23)cc1S(=O)(=O)N1CCOCC1. The van der Waals surface area contributed by atoms with E-state index in [-0.39, 0.29) is 29.2 Å². The molecular formula is C21H23N5O6S. The molecule has 0 saturated carbocycles. The fraction of sp³-hybridized carbons (Fsp3) is 0.333. The zero-order valence-electron chi connectivity index (χ0n) is 18.1. The highest BCUT2D eigenvalue weighted by Gasteiger charge is 2.28. The minimum Gasteiger partial charge on any atom is -0.452 e. The number of nitrogens with one attached hydrogen (secondary N) is 1. The summed E-state index contributed by atoms with van der Waals surface area (Å²) >= 11 is 0. The minimum atomic E-state index is -3.73. The molecule has 0 radical (unpaired) electrons. The van der Waals surface area contributed by atoms with Crippen molar-refractivity contribution in [3.63, 3.8) is 0 Å². The number of anilines is 1. The van der Waals surface area contributed by atoms with Gasteiger partial charge >= 0.3 is 5.97 Å². The molecule has 1 saturated heterocycles. The molecule has 2 aromatic heterocycles. The number of ether oxygens (including phenoxy) is 2. The molecule has 0 spiro atoms. The summed E-state index contributed by atoms with van der Waals surface area (Å²) in [5.74, 6) is -1.33. The van der Waals surface area contributed by atoms with Crippen LogP contribution in [0, 0.1) is 13.8 Å². The zero-order valence-corrected chi connectivity index (χ0v) is 19.0. The molecule has 11 nitrogen and oxygen atoms in total. The Morgan fingerprint density at radius 3 is 2.73 bits per heavy atom. The first-order valence-electron chi connectivity index (χ1n) is 10.2. The number of morpholine rings is 1. The number of rotatable bonds is 6. The second kappa shape index (κ2) is 9.25. The van der Waals surface area contributed by atoms with Crippen LogP contribution in [0.15, 0.2) is 41.6 Å². The van der Waals surface area contributed by atoms with Crippen molar-refractivity contribution in [3.8, 4) is 0 Å². The lowest BCUT2D eigenvalue weighted by Gasteiger charge is -2.26. The molecule has 1 aliphatic heterocycles. The predicted octanol–water partition coefficient (Wildman–Crippen LogP) is 1.16. The molecule has 174 valence electrons. The molecule has 0 unspecified atom stereocenters. The second-order valence-corrected chi connectivity index (χ2v) is 9.38. The average molecular weight is 474 g/mol. The van der Waals surface area contributed by atoms with Crippen LogP contribution in [0.3, 0.4) is 0 Å². The summed E-state index contributed by atoms with van der Waals surface area (Å²) < 4.78 is 39.2. The maximum Gasteiger partial charge on any atom is 0.344 e. The number of hydrogen-bond donors (Lipinski definition) is 1. The Balaban J connectivity index is 1.44. The number of esters is 1. The first-order valence-corrected chi connectivity index (χ1v) is 11.7.